The van der Waals surface area contributed by atoms with E-state index >= 15 is 0 Å². The molecule has 4 N–H and O–H groups in total. The van der Waals surface area contributed by atoms with Gasteiger partial charge in [0, 0.05) is 21.8 Å². The Balaban J connectivity index is 1.43. The number of thiocarbonyl (C=S) groups is 1. The van der Waals surface area contributed by atoms with Crippen LogP contribution in [-0.2, 0) is 4.79 Å². The summed E-state index contributed by atoms with van der Waals surface area (Å²) in [5.41, 5.74) is 7.16. The van der Waals surface area contributed by atoms with Crippen LogP contribution in [0.25, 0.3) is 0 Å². The van der Waals surface area contributed by atoms with Gasteiger partial charge in [-0.05, 0) is 73.7 Å². The molecule has 11 heteroatoms. The standard InChI is InChI=1S/C24H20Cl2N4O4S/c1-14-3-2-4-16(11-14)22(32)27-18-8-5-15(6-9-18)23(33)29-30-24(35)28-21(31)13-34-20-10-7-17(25)12-19(20)26/h2-12H,13H2,1H3,(H,27,32)(H,29,33)(H2,28,30,31,35). The second-order valence-electron chi connectivity index (χ2n) is 7.22. The SMILES string of the molecule is Cc1cccc(C(=O)Nc2ccc(C(=O)NNC(=S)NC(=O)COc3ccc(Cl)cc3Cl)cc2)c1. The molecule has 0 radical (unpaired) electrons. The number of hydrogen-bond acceptors (Lipinski definition) is 5. The van der Waals surface area contributed by atoms with Gasteiger partial charge in [-0.2, -0.15) is 0 Å². The molecule has 0 spiro atoms. The van der Waals surface area contributed by atoms with Gasteiger partial charge < -0.3 is 10.1 Å². The van der Waals surface area contributed by atoms with Gasteiger partial charge >= 0.3 is 0 Å². The zero-order chi connectivity index (χ0) is 25.4. The highest BCUT2D eigenvalue weighted by molar-refractivity contribution is 7.80. The van der Waals surface area contributed by atoms with Crippen LogP contribution >= 0.6 is 35.4 Å². The monoisotopic (exact) mass is 530 g/mol. The molecule has 0 aliphatic rings. The molecule has 0 atom stereocenters. The van der Waals surface area contributed by atoms with Crippen molar-refractivity contribution in [3.05, 3.63) is 93.5 Å². The Morgan fingerprint density at radius 1 is 0.886 bits per heavy atom. The Labute approximate surface area is 216 Å². The second-order valence-corrected chi connectivity index (χ2v) is 8.47. The third-order valence-electron chi connectivity index (χ3n) is 4.48. The van der Waals surface area contributed by atoms with E-state index in [-0.39, 0.29) is 28.4 Å². The third kappa shape index (κ3) is 7.96. The molecular weight excluding hydrogens is 511 g/mol. The van der Waals surface area contributed by atoms with E-state index in [1.54, 1.807) is 36.4 Å². The van der Waals surface area contributed by atoms with Gasteiger partial charge in [0.25, 0.3) is 17.7 Å². The van der Waals surface area contributed by atoms with Crippen molar-refractivity contribution in [3.63, 3.8) is 0 Å². The number of carbonyl (C=O) groups is 3. The van der Waals surface area contributed by atoms with E-state index in [4.69, 9.17) is 40.2 Å². The van der Waals surface area contributed by atoms with Crippen LogP contribution in [0.1, 0.15) is 26.3 Å². The Morgan fingerprint density at radius 3 is 2.31 bits per heavy atom. The minimum absolute atomic E-state index is 0.129. The molecule has 0 saturated carbocycles. The lowest BCUT2D eigenvalue weighted by atomic mass is 10.1. The van der Waals surface area contributed by atoms with Crippen molar-refractivity contribution in [3.8, 4) is 5.75 Å². The number of aryl methyl sites for hydroxylation is 1. The molecule has 0 aromatic heterocycles. The number of anilines is 1. The number of hydrogen-bond donors (Lipinski definition) is 4. The molecule has 3 rings (SSSR count). The number of ether oxygens (including phenoxy) is 1. The molecule has 0 fully saturated rings. The highest BCUT2D eigenvalue weighted by Gasteiger charge is 2.11. The van der Waals surface area contributed by atoms with E-state index in [0.717, 1.165) is 5.56 Å². The fourth-order valence-electron chi connectivity index (χ4n) is 2.81. The molecule has 8 nitrogen and oxygen atoms in total. The average molecular weight is 531 g/mol. The minimum Gasteiger partial charge on any atom is -0.482 e. The summed E-state index contributed by atoms with van der Waals surface area (Å²) in [5, 5.41) is 5.71. The molecule has 180 valence electrons. The van der Waals surface area contributed by atoms with Crippen LogP contribution in [0.15, 0.2) is 66.7 Å². The zero-order valence-corrected chi connectivity index (χ0v) is 20.7. The Morgan fingerprint density at radius 2 is 1.63 bits per heavy atom. The normalized spacial score (nSPS) is 10.1. The van der Waals surface area contributed by atoms with Crippen molar-refractivity contribution in [2.75, 3.05) is 11.9 Å². The number of halogens is 2. The maximum absolute atomic E-state index is 12.3. The summed E-state index contributed by atoms with van der Waals surface area (Å²) < 4.78 is 5.31. The van der Waals surface area contributed by atoms with Gasteiger partial charge in [0.15, 0.2) is 11.7 Å². The summed E-state index contributed by atoms with van der Waals surface area (Å²) in [4.78, 5) is 36.6. The highest BCUT2D eigenvalue weighted by atomic mass is 35.5. The zero-order valence-electron chi connectivity index (χ0n) is 18.4. The molecule has 0 bridgehead atoms. The number of rotatable bonds is 6. The maximum Gasteiger partial charge on any atom is 0.269 e. The predicted octanol–water partition coefficient (Wildman–Crippen LogP) is 4.27. The summed E-state index contributed by atoms with van der Waals surface area (Å²) in [7, 11) is 0. The summed E-state index contributed by atoms with van der Waals surface area (Å²) >= 11 is 16.8. The lowest BCUT2D eigenvalue weighted by Crippen LogP contribution is -2.49. The number of carbonyl (C=O) groups excluding carboxylic acids is 3. The van der Waals surface area contributed by atoms with Crippen LogP contribution < -0.4 is 26.2 Å². The molecule has 0 aliphatic heterocycles. The summed E-state index contributed by atoms with van der Waals surface area (Å²) in [6.07, 6.45) is 0. The minimum atomic E-state index is -0.559. The molecule has 35 heavy (non-hydrogen) atoms. The maximum atomic E-state index is 12.3. The molecular formula is C24H20Cl2N4O4S. The van der Waals surface area contributed by atoms with Crippen molar-refractivity contribution in [1.82, 2.24) is 16.2 Å². The first-order valence-electron chi connectivity index (χ1n) is 10.2. The van der Waals surface area contributed by atoms with Crippen LogP contribution in [0.5, 0.6) is 5.75 Å². The van der Waals surface area contributed by atoms with Crippen LogP contribution in [0.3, 0.4) is 0 Å². The second kappa shape index (κ2) is 12.2. The molecule has 3 aromatic carbocycles. The van der Waals surface area contributed by atoms with Crippen molar-refractivity contribution >= 4 is 63.9 Å². The van der Waals surface area contributed by atoms with Crippen molar-refractivity contribution in [2.45, 2.75) is 6.92 Å². The Hall–Kier alpha value is -3.66. The summed E-state index contributed by atoms with van der Waals surface area (Å²) in [6.45, 7) is 1.55. The number of nitrogens with one attached hydrogen (secondary N) is 4. The van der Waals surface area contributed by atoms with Crippen LogP contribution in [-0.4, -0.2) is 29.4 Å². The molecule has 0 heterocycles. The van der Waals surface area contributed by atoms with E-state index in [1.807, 2.05) is 13.0 Å². The summed E-state index contributed by atoms with van der Waals surface area (Å²) in [5.74, 6) is -1.02. The molecule has 0 aliphatic carbocycles. The summed E-state index contributed by atoms with van der Waals surface area (Å²) in [6, 6.07) is 18.1. The first kappa shape index (κ1) is 26.0. The first-order chi connectivity index (χ1) is 16.7. The van der Waals surface area contributed by atoms with Crippen LogP contribution in [0.4, 0.5) is 5.69 Å². The van der Waals surface area contributed by atoms with Gasteiger partial charge in [0.1, 0.15) is 5.75 Å². The number of hydrazine groups is 1. The van der Waals surface area contributed by atoms with Crippen molar-refractivity contribution in [1.29, 1.82) is 0 Å². The quantitative estimate of drug-likeness (QED) is 0.280. The largest absolute Gasteiger partial charge is 0.482 e. The fraction of sp³-hybridized carbons (Fsp3) is 0.0833. The van der Waals surface area contributed by atoms with E-state index in [0.29, 0.717) is 21.8 Å². The van der Waals surface area contributed by atoms with Gasteiger partial charge in [-0.1, -0.05) is 40.9 Å². The van der Waals surface area contributed by atoms with Gasteiger partial charge in [-0.15, -0.1) is 0 Å². The van der Waals surface area contributed by atoms with Gasteiger partial charge in [0.2, 0.25) is 0 Å². The van der Waals surface area contributed by atoms with Crippen LogP contribution in [0.2, 0.25) is 10.0 Å². The van der Waals surface area contributed by atoms with Gasteiger partial charge in [-0.3, -0.25) is 30.6 Å². The number of amides is 3. The topological polar surface area (TPSA) is 109 Å². The molecule has 3 amide bonds. The highest BCUT2D eigenvalue weighted by Crippen LogP contribution is 2.27. The van der Waals surface area contributed by atoms with Crippen molar-refractivity contribution in [2.24, 2.45) is 0 Å². The third-order valence-corrected chi connectivity index (χ3v) is 5.22. The lowest BCUT2D eigenvalue weighted by molar-refractivity contribution is -0.121. The first-order valence-corrected chi connectivity index (χ1v) is 11.3. The van der Waals surface area contributed by atoms with E-state index < -0.39 is 11.8 Å². The van der Waals surface area contributed by atoms with Gasteiger partial charge in [-0.25, -0.2) is 0 Å². The van der Waals surface area contributed by atoms with E-state index in [2.05, 4.69) is 21.5 Å². The van der Waals surface area contributed by atoms with Gasteiger partial charge in [0.05, 0.1) is 5.02 Å². The smallest absolute Gasteiger partial charge is 0.269 e. The van der Waals surface area contributed by atoms with Crippen LogP contribution in [0, 0.1) is 6.92 Å². The molecule has 3 aromatic rings. The Bertz CT molecular complexity index is 1270. The lowest BCUT2D eigenvalue weighted by Gasteiger charge is -2.12. The van der Waals surface area contributed by atoms with E-state index in [1.165, 1.54) is 24.3 Å². The average Bonchev–Trinajstić information content (AvgIpc) is 2.82. The predicted molar refractivity (Wildman–Crippen MR) is 139 cm³/mol. The fourth-order valence-corrected chi connectivity index (χ4v) is 3.44. The number of benzene rings is 3. The molecule has 0 unspecified atom stereocenters. The van der Waals surface area contributed by atoms with Crippen molar-refractivity contribution < 1.29 is 19.1 Å². The van der Waals surface area contributed by atoms with E-state index in [9.17, 15) is 14.4 Å². The Kier molecular flexibility index (Phi) is 9.02. The molecule has 0 saturated heterocycles.